The molecule has 1 fully saturated rings. The standard InChI is InChI=1S/C27H29FN6O3/c1-16-6-7-18-5-4-9-27(20(18)13-16)14-21-22(31-25(27)36)23(32-26(30-21)37-3)33-11-12-34(24(35)17(2)28)19(15-33)8-10-29/h6-7,13,19H,2,4-5,8-9,11-12,14-15H2,1,3H3,(H,31,36). The number of carbonyl (C=O) groups is 2. The van der Waals surface area contributed by atoms with E-state index < -0.39 is 23.2 Å². The number of methoxy groups -OCH3 is 1. The van der Waals surface area contributed by atoms with Gasteiger partial charge in [0, 0.05) is 26.1 Å². The number of fused-ring (bicyclic) bond motifs is 3. The number of nitriles is 1. The summed E-state index contributed by atoms with van der Waals surface area (Å²) >= 11 is 0. The molecule has 0 saturated carbocycles. The molecule has 0 bridgehead atoms. The highest BCUT2D eigenvalue weighted by Gasteiger charge is 2.48. The summed E-state index contributed by atoms with van der Waals surface area (Å²) in [5.41, 5.74) is 3.82. The van der Waals surface area contributed by atoms with Crippen molar-refractivity contribution in [1.82, 2.24) is 14.9 Å². The van der Waals surface area contributed by atoms with Gasteiger partial charge in [-0.3, -0.25) is 9.59 Å². The van der Waals surface area contributed by atoms with Crippen molar-refractivity contribution in [3.8, 4) is 12.1 Å². The van der Waals surface area contributed by atoms with E-state index in [0.717, 1.165) is 24.0 Å². The Kier molecular flexibility index (Phi) is 6.31. The molecule has 2 amide bonds. The normalized spacial score (nSPS) is 22.5. The van der Waals surface area contributed by atoms with Gasteiger partial charge in [0.2, 0.25) is 5.91 Å². The lowest BCUT2D eigenvalue weighted by Crippen LogP contribution is -2.56. The van der Waals surface area contributed by atoms with Crippen LogP contribution >= 0.6 is 0 Å². The van der Waals surface area contributed by atoms with E-state index in [2.05, 4.69) is 46.1 Å². The van der Waals surface area contributed by atoms with Gasteiger partial charge in [-0.1, -0.05) is 30.3 Å². The van der Waals surface area contributed by atoms with Crippen molar-refractivity contribution in [1.29, 1.82) is 5.26 Å². The molecule has 10 heteroatoms. The van der Waals surface area contributed by atoms with Crippen LogP contribution in [-0.4, -0.2) is 59.5 Å². The van der Waals surface area contributed by atoms with Crippen LogP contribution < -0.4 is 15.0 Å². The Hall–Kier alpha value is -4.00. The number of aryl methyl sites for hydroxylation is 2. The first-order valence-corrected chi connectivity index (χ1v) is 12.4. The Morgan fingerprint density at radius 1 is 1.38 bits per heavy atom. The van der Waals surface area contributed by atoms with Crippen molar-refractivity contribution >= 4 is 23.3 Å². The molecule has 1 aromatic heterocycles. The number of aromatic nitrogens is 2. The van der Waals surface area contributed by atoms with Gasteiger partial charge in [-0.05, 0) is 37.3 Å². The van der Waals surface area contributed by atoms with E-state index >= 15 is 0 Å². The summed E-state index contributed by atoms with van der Waals surface area (Å²) in [4.78, 5) is 38.6. The number of nitrogens with one attached hydrogen (secondary N) is 1. The Bertz CT molecular complexity index is 1340. The fourth-order valence-corrected chi connectivity index (χ4v) is 5.89. The highest BCUT2D eigenvalue weighted by molar-refractivity contribution is 6.04. The lowest BCUT2D eigenvalue weighted by atomic mass is 9.65. The molecule has 1 spiro atoms. The molecule has 0 radical (unpaired) electrons. The van der Waals surface area contributed by atoms with Crippen LogP contribution in [0.4, 0.5) is 15.9 Å². The first-order chi connectivity index (χ1) is 17.8. The smallest absolute Gasteiger partial charge is 0.318 e. The minimum Gasteiger partial charge on any atom is -0.467 e. The van der Waals surface area contributed by atoms with E-state index in [1.807, 2.05) is 11.8 Å². The van der Waals surface area contributed by atoms with E-state index in [4.69, 9.17) is 4.74 Å². The Balaban J connectivity index is 1.53. The number of halogens is 1. The molecule has 5 rings (SSSR count). The van der Waals surface area contributed by atoms with Crippen molar-refractivity contribution in [2.45, 2.75) is 50.5 Å². The average Bonchev–Trinajstić information content (AvgIpc) is 2.89. The van der Waals surface area contributed by atoms with Crippen LogP contribution in [0.5, 0.6) is 6.01 Å². The second kappa shape index (κ2) is 9.47. The molecule has 2 aliphatic heterocycles. The summed E-state index contributed by atoms with van der Waals surface area (Å²) in [6.07, 6.45) is 2.99. The van der Waals surface area contributed by atoms with Gasteiger partial charge in [-0.25, -0.2) is 4.39 Å². The van der Waals surface area contributed by atoms with Crippen LogP contribution in [0.3, 0.4) is 0 Å². The zero-order chi connectivity index (χ0) is 26.3. The number of hydrogen-bond donors (Lipinski definition) is 1. The number of nitrogens with zero attached hydrogens (tertiary/aromatic N) is 5. The van der Waals surface area contributed by atoms with Crippen molar-refractivity contribution in [2.75, 3.05) is 37.0 Å². The maximum atomic E-state index is 13.8. The molecule has 3 heterocycles. The van der Waals surface area contributed by atoms with Crippen LogP contribution in [0, 0.1) is 18.3 Å². The number of hydrogen-bond acceptors (Lipinski definition) is 7. The molecule has 2 atom stereocenters. The number of piperazine rings is 1. The Labute approximate surface area is 214 Å². The summed E-state index contributed by atoms with van der Waals surface area (Å²) in [6, 6.07) is 8.00. The molecule has 2 unspecified atom stereocenters. The van der Waals surface area contributed by atoms with Crippen LogP contribution in [0.15, 0.2) is 30.6 Å². The van der Waals surface area contributed by atoms with Crippen LogP contribution in [0.25, 0.3) is 0 Å². The topological polar surface area (TPSA) is 111 Å². The molecule has 1 aromatic carbocycles. The molecule has 1 saturated heterocycles. The maximum absolute atomic E-state index is 13.8. The quantitative estimate of drug-likeness (QED) is 0.637. The number of amides is 2. The van der Waals surface area contributed by atoms with Gasteiger partial charge in [-0.15, -0.1) is 0 Å². The average molecular weight is 505 g/mol. The number of anilines is 2. The molecule has 3 aliphatic rings. The fraction of sp³-hybridized carbons (Fsp3) is 0.444. The van der Waals surface area contributed by atoms with Gasteiger partial charge < -0.3 is 19.9 Å². The van der Waals surface area contributed by atoms with Gasteiger partial charge in [0.25, 0.3) is 5.91 Å². The third-order valence-corrected chi connectivity index (χ3v) is 7.70. The summed E-state index contributed by atoms with van der Waals surface area (Å²) < 4.78 is 19.0. The zero-order valence-electron chi connectivity index (χ0n) is 21.0. The molecule has 37 heavy (non-hydrogen) atoms. The highest BCUT2D eigenvalue weighted by Crippen LogP contribution is 2.46. The van der Waals surface area contributed by atoms with E-state index in [1.54, 1.807) is 0 Å². The molecule has 9 nitrogen and oxygen atoms in total. The molecule has 192 valence electrons. The largest absolute Gasteiger partial charge is 0.467 e. The minimum atomic E-state index is -1.06. The molecule has 2 aromatic rings. The van der Waals surface area contributed by atoms with E-state index in [-0.39, 0.29) is 31.4 Å². The van der Waals surface area contributed by atoms with Crippen molar-refractivity contribution in [3.05, 3.63) is 53.0 Å². The van der Waals surface area contributed by atoms with Crippen molar-refractivity contribution < 1.29 is 18.7 Å². The summed E-state index contributed by atoms with van der Waals surface area (Å²) in [6.45, 7) is 5.89. The van der Waals surface area contributed by atoms with Gasteiger partial charge >= 0.3 is 6.01 Å². The van der Waals surface area contributed by atoms with E-state index in [9.17, 15) is 19.2 Å². The number of ether oxygens (including phenoxy) is 1. The Morgan fingerprint density at radius 2 is 2.19 bits per heavy atom. The van der Waals surface area contributed by atoms with Gasteiger partial charge in [0.15, 0.2) is 11.6 Å². The van der Waals surface area contributed by atoms with E-state index in [0.29, 0.717) is 36.6 Å². The Morgan fingerprint density at radius 3 is 2.92 bits per heavy atom. The van der Waals surface area contributed by atoms with Crippen molar-refractivity contribution in [3.63, 3.8) is 0 Å². The summed E-state index contributed by atoms with van der Waals surface area (Å²) in [5, 5.41) is 12.5. The maximum Gasteiger partial charge on any atom is 0.318 e. The van der Waals surface area contributed by atoms with Gasteiger partial charge in [0.05, 0.1) is 36.8 Å². The zero-order valence-corrected chi connectivity index (χ0v) is 21.0. The third-order valence-electron chi connectivity index (χ3n) is 7.70. The molecule has 1 aliphatic carbocycles. The predicted molar refractivity (Wildman–Crippen MR) is 135 cm³/mol. The second-order valence-corrected chi connectivity index (χ2v) is 9.95. The monoisotopic (exact) mass is 504 g/mol. The van der Waals surface area contributed by atoms with Crippen LogP contribution in [0.2, 0.25) is 0 Å². The SMILES string of the molecule is C=C(F)C(=O)N1CCN(c2nc(OC)nc3c2NC(=O)C2(CCCc4ccc(C)cc42)C3)CC1CC#N. The fourth-order valence-electron chi connectivity index (χ4n) is 5.89. The number of rotatable bonds is 4. The third kappa shape index (κ3) is 4.18. The van der Waals surface area contributed by atoms with Crippen LogP contribution in [0.1, 0.15) is 41.6 Å². The molecule has 1 N–H and O–H groups in total. The summed E-state index contributed by atoms with van der Waals surface area (Å²) in [7, 11) is 1.49. The molecular formula is C27H29FN6O3. The minimum absolute atomic E-state index is 0.0194. The molecular weight excluding hydrogens is 475 g/mol. The van der Waals surface area contributed by atoms with Gasteiger partial charge in [-0.2, -0.15) is 15.2 Å². The number of carbonyl (C=O) groups excluding carboxylic acids is 2. The summed E-state index contributed by atoms with van der Waals surface area (Å²) in [5.74, 6) is -1.49. The first-order valence-electron chi connectivity index (χ1n) is 12.4. The first kappa shape index (κ1) is 24.7. The second-order valence-electron chi connectivity index (χ2n) is 9.95. The lowest BCUT2D eigenvalue weighted by Gasteiger charge is -2.44. The van der Waals surface area contributed by atoms with Crippen molar-refractivity contribution in [2.24, 2.45) is 0 Å². The van der Waals surface area contributed by atoms with Crippen LogP contribution in [-0.2, 0) is 27.8 Å². The lowest BCUT2D eigenvalue weighted by molar-refractivity contribution is -0.131. The number of benzene rings is 1. The van der Waals surface area contributed by atoms with E-state index in [1.165, 1.54) is 17.6 Å². The van der Waals surface area contributed by atoms with Gasteiger partial charge in [0.1, 0.15) is 5.69 Å². The highest BCUT2D eigenvalue weighted by atomic mass is 19.1. The predicted octanol–water partition coefficient (Wildman–Crippen LogP) is 2.98.